The summed E-state index contributed by atoms with van der Waals surface area (Å²) in [6, 6.07) is 3.37. The van der Waals surface area contributed by atoms with Crippen LogP contribution in [0.1, 0.15) is 5.56 Å². The Labute approximate surface area is 89.5 Å². The summed E-state index contributed by atoms with van der Waals surface area (Å²) in [6.45, 7) is 0. The predicted octanol–water partition coefficient (Wildman–Crippen LogP) is 1.78. The molecule has 0 unspecified atom stereocenters. The van der Waals surface area contributed by atoms with Gasteiger partial charge in [-0.05, 0) is 6.07 Å². The molecular formula is C8H5ClN2O2S. The Balaban J connectivity index is 2.88. The molecule has 14 heavy (non-hydrogen) atoms. The van der Waals surface area contributed by atoms with Gasteiger partial charge in [-0.15, -0.1) is 0 Å². The molecule has 0 amide bonds. The summed E-state index contributed by atoms with van der Waals surface area (Å²) >= 11 is 6.78. The van der Waals surface area contributed by atoms with E-state index in [0.29, 0.717) is 10.6 Å². The Morgan fingerprint density at radius 3 is 3.07 bits per heavy atom. The SMILES string of the molecule is N#Cc1ccnc(SCC(=O)O)c1Cl. The highest BCUT2D eigenvalue weighted by Gasteiger charge is 2.09. The monoisotopic (exact) mass is 228 g/mol. The number of nitrogens with zero attached hydrogens (tertiary/aromatic N) is 2. The lowest BCUT2D eigenvalue weighted by Gasteiger charge is -2.01. The first-order valence-electron chi connectivity index (χ1n) is 3.54. The Hall–Kier alpha value is -1.25. The van der Waals surface area contributed by atoms with E-state index in [0.717, 1.165) is 11.8 Å². The van der Waals surface area contributed by atoms with Crippen LogP contribution in [0.5, 0.6) is 0 Å². The van der Waals surface area contributed by atoms with Gasteiger partial charge in [-0.1, -0.05) is 23.4 Å². The number of hydrogen-bond acceptors (Lipinski definition) is 4. The third-order valence-electron chi connectivity index (χ3n) is 1.31. The fourth-order valence-corrected chi connectivity index (χ4v) is 1.69. The molecule has 6 heteroatoms. The van der Waals surface area contributed by atoms with Crippen molar-refractivity contribution in [2.45, 2.75) is 5.03 Å². The smallest absolute Gasteiger partial charge is 0.313 e. The molecule has 0 aliphatic carbocycles. The zero-order valence-corrected chi connectivity index (χ0v) is 8.47. The van der Waals surface area contributed by atoms with Crippen LogP contribution in [0.25, 0.3) is 0 Å². The lowest BCUT2D eigenvalue weighted by atomic mass is 10.3. The van der Waals surface area contributed by atoms with Crippen LogP contribution in [0.4, 0.5) is 0 Å². The van der Waals surface area contributed by atoms with E-state index in [-0.39, 0.29) is 10.8 Å². The largest absolute Gasteiger partial charge is 0.481 e. The van der Waals surface area contributed by atoms with Gasteiger partial charge in [-0.2, -0.15) is 5.26 Å². The van der Waals surface area contributed by atoms with Gasteiger partial charge in [0.2, 0.25) is 0 Å². The molecule has 4 nitrogen and oxygen atoms in total. The van der Waals surface area contributed by atoms with Crippen molar-refractivity contribution < 1.29 is 9.90 Å². The third-order valence-corrected chi connectivity index (χ3v) is 2.78. The zero-order chi connectivity index (χ0) is 10.6. The van der Waals surface area contributed by atoms with E-state index in [2.05, 4.69) is 4.98 Å². The van der Waals surface area contributed by atoms with Crippen LogP contribution in [-0.4, -0.2) is 21.8 Å². The van der Waals surface area contributed by atoms with E-state index in [4.69, 9.17) is 22.0 Å². The Bertz CT molecular complexity index is 403. The van der Waals surface area contributed by atoms with Crippen molar-refractivity contribution in [1.29, 1.82) is 5.26 Å². The highest BCUT2D eigenvalue weighted by atomic mass is 35.5. The first kappa shape index (κ1) is 10.8. The standard InChI is InChI=1S/C8H5ClN2O2S/c9-7-5(3-10)1-2-11-8(7)14-4-6(12)13/h1-2H,4H2,(H,12,13). The summed E-state index contributed by atoms with van der Waals surface area (Å²) in [4.78, 5) is 14.2. The quantitative estimate of drug-likeness (QED) is 0.799. The van der Waals surface area contributed by atoms with Crippen LogP contribution in [-0.2, 0) is 4.79 Å². The summed E-state index contributed by atoms with van der Waals surface area (Å²) < 4.78 is 0. The molecule has 0 saturated heterocycles. The van der Waals surface area contributed by atoms with Gasteiger partial charge in [0.1, 0.15) is 11.1 Å². The lowest BCUT2D eigenvalue weighted by Crippen LogP contribution is -1.98. The second kappa shape index (κ2) is 4.84. The number of halogens is 1. The normalized spacial score (nSPS) is 9.43. The average Bonchev–Trinajstić information content (AvgIpc) is 2.16. The van der Waals surface area contributed by atoms with E-state index in [1.807, 2.05) is 6.07 Å². The van der Waals surface area contributed by atoms with Crippen molar-refractivity contribution in [2.75, 3.05) is 5.75 Å². The molecule has 72 valence electrons. The molecule has 0 bridgehead atoms. The van der Waals surface area contributed by atoms with Gasteiger partial charge >= 0.3 is 5.97 Å². The average molecular weight is 229 g/mol. The molecule has 0 aliphatic rings. The van der Waals surface area contributed by atoms with Gasteiger partial charge in [0.15, 0.2) is 0 Å². The number of carboxylic acid groups (broad SMARTS) is 1. The van der Waals surface area contributed by atoms with Crippen molar-refractivity contribution >= 4 is 29.3 Å². The van der Waals surface area contributed by atoms with E-state index >= 15 is 0 Å². The molecule has 0 radical (unpaired) electrons. The van der Waals surface area contributed by atoms with Crippen LogP contribution < -0.4 is 0 Å². The molecule has 0 spiro atoms. The van der Waals surface area contributed by atoms with E-state index in [1.165, 1.54) is 12.3 Å². The van der Waals surface area contributed by atoms with Crippen molar-refractivity contribution in [2.24, 2.45) is 0 Å². The molecule has 1 aromatic heterocycles. The van der Waals surface area contributed by atoms with Crippen molar-refractivity contribution in [1.82, 2.24) is 4.98 Å². The molecule has 0 atom stereocenters. The van der Waals surface area contributed by atoms with Gasteiger partial charge in [0, 0.05) is 6.20 Å². The first-order valence-corrected chi connectivity index (χ1v) is 4.90. The highest BCUT2D eigenvalue weighted by molar-refractivity contribution is 8.00. The Kier molecular flexibility index (Phi) is 3.74. The number of pyridine rings is 1. The van der Waals surface area contributed by atoms with Gasteiger partial charge < -0.3 is 5.11 Å². The molecule has 1 rings (SSSR count). The van der Waals surface area contributed by atoms with Gasteiger partial charge in [-0.3, -0.25) is 4.79 Å². The first-order chi connectivity index (χ1) is 6.65. The van der Waals surface area contributed by atoms with Gasteiger partial charge in [0.25, 0.3) is 0 Å². The minimum Gasteiger partial charge on any atom is -0.481 e. The summed E-state index contributed by atoms with van der Waals surface area (Å²) in [5.41, 5.74) is 0.301. The number of aromatic nitrogens is 1. The number of carbonyl (C=O) groups is 1. The molecule has 0 fully saturated rings. The fraction of sp³-hybridized carbons (Fsp3) is 0.125. The number of carboxylic acids is 1. The zero-order valence-electron chi connectivity index (χ0n) is 6.90. The van der Waals surface area contributed by atoms with E-state index in [1.54, 1.807) is 0 Å². The van der Waals surface area contributed by atoms with Gasteiger partial charge in [0.05, 0.1) is 16.3 Å². The van der Waals surface area contributed by atoms with Crippen molar-refractivity contribution in [3.05, 3.63) is 22.8 Å². The Morgan fingerprint density at radius 1 is 1.79 bits per heavy atom. The van der Waals surface area contributed by atoms with Crippen molar-refractivity contribution in [3.8, 4) is 6.07 Å². The Morgan fingerprint density at radius 2 is 2.50 bits per heavy atom. The van der Waals surface area contributed by atoms with Crippen LogP contribution >= 0.6 is 23.4 Å². The maximum absolute atomic E-state index is 10.3. The maximum atomic E-state index is 10.3. The highest BCUT2D eigenvalue weighted by Crippen LogP contribution is 2.27. The summed E-state index contributed by atoms with van der Waals surface area (Å²) in [7, 11) is 0. The number of hydrogen-bond donors (Lipinski definition) is 1. The predicted molar refractivity (Wildman–Crippen MR) is 52.3 cm³/mol. The molecule has 0 aliphatic heterocycles. The van der Waals surface area contributed by atoms with Crippen LogP contribution in [0.2, 0.25) is 5.02 Å². The maximum Gasteiger partial charge on any atom is 0.313 e. The summed E-state index contributed by atoms with van der Waals surface area (Å²) in [6.07, 6.45) is 1.43. The van der Waals surface area contributed by atoms with Gasteiger partial charge in [-0.25, -0.2) is 4.98 Å². The minimum atomic E-state index is -0.949. The molecule has 1 heterocycles. The number of nitriles is 1. The van der Waals surface area contributed by atoms with Crippen LogP contribution in [0.15, 0.2) is 17.3 Å². The molecule has 0 saturated carbocycles. The van der Waals surface area contributed by atoms with E-state index < -0.39 is 5.97 Å². The second-order valence-corrected chi connectivity index (χ2v) is 3.61. The van der Waals surface area contributed by atoms with E-state index in [9.17, 15) is 4.79 Å². The summed E-state index contributed by atoms with van der Waals surface area (Å²) in [5, 5.41) is 17.6. The molecule has 0 aromatic carbocycles. The number of thioether (sulfide) groups is 1. The summed E-state index contributed by atoms with van der Waals surface area (Å²) in [5.74, 6) is -1.07. The molecular weight excluding hydrogens is 224 g/mol. The van der Waals surface area contributed by atoms with Crippen LogP contribution in [0, 0.1) is 11.3 Å². The fourth-order valence-electron chi connectivity index (χ4n) is 0.742. The minimum absolute atomic E-state index is 0.123. The second-order valence-electron chi connectivity index (χ2n) is 2.27. The van der Waals surface area contributed by atoms with Crippen LogP contribution in [0.3, 0.4) is 0 Å². The van der Waals surface area contributed by atoms with Crippen molar-refractivity contribution in [3.63, 3.8) is 0 Å². The molecule has 1 N–H and O–H groups in total. The molecule has 1 aromatic rings. The number of rotatable bonds is 3. The number of aliphatic carboxylic acids is 1. The lowest BCUT2D eigenvalue weighted by molar-refractivity contribution is -0.133. The topological polar surface area (TPSA) is 74.0 Å². The third kappa shape index (κ3) is 2.62.